The summed E-state index contributed by atoms with van der Waals surface area (Å²) in [5.74, 6) is 3.17. The van der Waals surface area contributed by atoms with E-state index in [2.05, 4.69) is 240 Å². The zero-order valence-corrected chi connectivity index (χ0v) is 49.4. The second kappa shape index (κ2) is 21.0. The minimum atomic E-state index is -0.137. The Hall–Kier alpha value is -4.38. The summed E-state index contributed by atoms with van der Waals surface area (Å²) in [7, 11) is 0. The molecular weight excluding hydrogens is 877 g/mol. The molecule has 0 nitrogen and oxygen atoms in total. The van der Waals surface area contributed by atoms with Gasteiger partial charge in [0.2, 0.25) is 0 Å². The molecular formula is C73H98. The van der Waals surface area contributed by atoms with Gasteiger partial charge in [0.25, 0.3) is 0 Å². The standard InChI is InChI=1S/C73H98/c1-19-26-61-60-33-32-51-44-63(55-42-58(71(10,11)12)45-59(43-55)72(13,14)15)62-30-24-22-20-21-23-27-48-28-25-29-50(35-48)67(62)64(54-38-52(47(2)3)39-57(41-54)70(7,8)9)46-65(68(51)61)66(73(16,17)18)34-31-49-36-53(60)40-56(37-49)69(4,5)6/h19-22,26,30-34,37-39,41-42,44-48,50,53,56,59,61,68H,23,25,27-29,35-36,40,43H2,1-18H3/b21-20-,26-19+,34-31-,63-44-,64-46-,66-65+,67-62-. The topological polar surface area (TPSA) is 0 Å². The highest BCUT2D eigenvalue weighted by molar-refractivity contribution is 5.87. The molecule has 7 unspecified atom stereocenters. The summed E-state index contributed by atoms with van der Waals surface area (Å²) in [4.78, 5) is 0. The molecule has 0 saturated heterocycles. The Morgan fingerprint density at radius 1 is 0.685 bits per heavy atom. The van der Waals surface area contributed by atoms with Crippen molar-refractivity contribution in [1.82, 2.24) is 0 Å². The predicted molar refractivity (Wildman–Crippen MR) is 319 cm³/mol. The molecule has 7 aliphatic carbocycles. The van der Waals surface area contributed by atoms with Crippen molar-refractivity contribution in [3.8, 4) is 0 Å². The molecule has 0 aliphatic heterocycles. The summed E-state index contributed by atoms with van der Waals surface area (Å²) in [5, 5.41) is 0. The molecule has 0 heterocycles. The van der Waals surface area contributed by atoms with E-state index in [1.807, 2.05) is 0 Å². The SMILES string of the molecule is C/C=C/C1C2=CC=C3\C=C(C4=CC(C(C)(C)C)=CC(C(C)(C)C)C4)/C4=C(\C(c5cc(C(C)C)cc(C(C)(C)C)c5)=C/C(=C(C(C)(C)C)/C=C\C5=CC(C(C)(C)C)CC2C5)C31)C1CCCC(CC/C=C\C=C=C4)C1. The Labute approximate surface area is 447 Å². The highest BCUT2D eigenvalue weighted by Crippen LogP contribution is 2.56. The summed E-state index contributed by atoms with van der Waals surface area (Å²) in [6, 6.07) is 7.77. The van der Waals surface area contributed by atoms with Gasteiger partial charge in [-0.15, -0.1) is 5.73 Å². The first-order valence-corrected chi connectivity index (χ1v) is 29.1. The van der Waals surface area contributed by atoms with E-state index in [4.69, 9.17) is 0 Å². The molecule has 0 N–H and O–H groups in total. The first-order valence-electron chi connectivity index (χ1n) is 29.1. The van der Waals surface area contributed by atoms with Crippen LogP contribution < -0.4 is 0 Å². The number of benzene rings is 1. The van der Waals surface area contributed by atoms with Crippen LogP contribution in [0, 0.1) is 63.1 Å². The Morgan fingerprint density at radius 3 is 2.08 bits per heavy atom. The lowest BCUT2D eigenvalue weighted by Crippen LogP contribution is -2.32. The average molecular weight is 976 g/mol. The Kier molecular flexibility index (Phi) is 15.8. The van der Waals surface area contributed by atoms with Crippen molar-refractivity contribution in [1.29, 1.82) is 0 Å². The molecule has 8 rings (SSSR count). The van der Waals surface area contributed by atoms with Gasteiger partial charge in [0.15, 0.2) is 0 Å². The minimum absolute atomic E-state index is 0.00208. The number of hydrogen-bond donors (Lipinski definition) is 0. The molecule has 390 valence electrons. The fourth-order valence-corrected chi connectivity index (χ4v) is 13.5. The number of hydrogen-bond acceptors (Lipinski definition) is 0. The van der Waals surface area contributed by atoms with E-state index in [1.165, 1.54) is 105 Å². The normalized spacial score (nSPS) is 31.9. The zero-order chi connectivity index (χ0) is 53.0. The van der Waals surface area contributed by atoms with Crippen LogP contribution in [0.3, 0.4) is 0 Å². The van der Waals surface area contributed by atoms with Crippen LogP contribution >= 0.6 is 0 Å². The van der Waals surface area contributed by atoms with Crippen LogP contribution in [-0.2, 0) is 5.41 Å². The van der Waals surface area contributed by atoms with Gasteiger partial charge in [-0.2, -0.15) is 0 Å². The number of fused-ring (bicyclic) bond motifs is 7. The van der Waals surface area contributed by atoms with Crippen LogP contribution in [0.5, 0.6) is 0 Å². The summed E-state index contributed by atoms with van der Waals surface area (Å²) in [6.45, 7) is 43.8. The third-order valence-corrected chi connectivity index (χ3v) is 18.2. The van der Waals surface area contributed by atoms with Crippen LogP contribution in [-0.4, -0.2) is 0 Å². The fraction of sp³-hybridized carbons (Fsp3) is 0.548. The summed E-state index contributed by atoms with van der Waals surface area (Å²) in [6.07, 6.45) is 49.0. The maximum Gasteiger partial charge on any atom is 0.0193 e. The molecule has 0 aromatic heterocycles. The predicted octanol–water partition coefficient (Wildman–Crippen LogP) is 21.1. The molecule has 7 aliphatic rings. The summed E-state index contributed by atoms with van der Waals surface area (Å²) >= 11 is 0. The van der Waals surface area contributed by atoms with Gasteiger partial charge in [-0.1, -0.05) is 233 Å². The van der Waals surface area contributed by atoms with Gasteiger partial charge in [0.1, 0.15) is 0 Å². The minimum Gasteiger partial charge on any atom is -0.120 e. The maximum absolute atomic E-state index is 3.90. The van der Waals surface area contributed by atoms with E-state index in [-0.39, 0.29) is 38.9 Å². The fourth-order valence-electron chi connectivity index (χ4n) is 13.5. The second-order valence-corrected chi connectivity index (χ2v) is 29.3. The van der Waals surface area contributed by atoms with E-state index >= 15 is 0 Å². The van der Waals surface area contributed by atoms with Crippen molar-refractivity contribution < 1.29 is 0 Å². The van der Waals surface area contributed by atoms with Gasteiger partial charge in [-0.3, -0.25) is 0 Å². The van der Waals surface area contributed by atoms with E-state index in [0.717, 1.165) is 19.3 Å². The molecule has 0 heteroatoms. The van der Waals surface area contributed by atoms with Crippen LogP contribution in [0.4, 0.5) is 0 Å². The largest absolute Gasteiger partial charge is 0.120 e. The van der Waals surface area contributed by atoms with Gasteiger partial charge in [-0.05, 0) is 200 Å². The Balaban J connectivity index is 1.64. The van der Waals surface area contributed by atoms with Crippen LogP contribution in [0.15, 0.2) is 171 Å². The maximum atomic E-state index is 3.90. The van der Waals surface area contributed by atoms with Crippen molar-refractivity contribution in [2.45, 2.75) is 194 Å². The first-order chi connectivity index (χ1) is 34.1. The van der Waals surface area contributed by atoms with Crippen molar-refractivity contribution in [2.75, 3.05) is 0 Å². The van der Waals surface area contributed by atoms with Gasteiger partial charge in [-0.25, -0.2) is 0 Å². The number of allylic oxidation sites excluding steroid dienone is 25. The monoisotopic (exact) mass is 975 g/mol. The molecule has 1 aromatic carbocycles. The van der Waals surface area contributed by atoms with Crippen LogP contribution in [0.25, 0.3) is 5.57 Å². The average Bonchev–Trinajstić information content (AvgIpc) is 3.35. The van der Waals surface area contributed by atoms with Gasteiger partial charge in [0, 0.05) is 11.8 Å². The number of rotatable bonds is 4. The summed E-state index contributed by atoms with van der Waals surface area (Å²) in [5.41, 5.74) is 24.5. The molecule has 0 spiro atoms. The van der Waals surface area contributed by atoms with Gasteiger partial charge >= 0.3 is 0 Å². The molecule has 1 saturated carbocycles. The van der Waals surface area contributed by atoms with Gasteiger partial charge in [0.05, 0.1) is 0 Å². The van der Waals surface area contributed by atoms with E-state index < -0.39 is 0 Å². The zero-order valence-electron chi connectivity index (χ0n) is 49.4. The third kappa shape index (κ3) is 12.2. The molecule has 0 radical (unpaired) electrons. The first kappa shape index (κ1) is 54.9. The van der Waals surface area contributed by atoms with Crippen molar-refractivity contribution in [3.63, 3.8) is 0 Å². The van der Waals surface area contributed by atoms with E-state index in [1.54, 1.807) is 11.1 Å². The molecule has 1 aromatic rings. The van der Waals surface area contributed by atoms with Gasteiger partial charge < -0.3 is 0 Å². The smallest absolute Gasteiger partial charge is 0.0193 e. The third-order valence-electron chi connectivity index (χ3n) is 18.2. The molecule has 1 fully saturated rings. The highest BCUT2D eigenvalue weighted by Gasteiger charge is 2.42. The van der Waals surface area contributed by atoms with E-state index in [0.29, 0.717) is 35.5 Å². The highest BCUT2D eigenvalue weighted by atomic mass is 14.5. The lowest BCUT2D eigenvalue weighted by molar-refractivity contribution is 0.235. The quantitative estimate of drug-likeness (QED) is 0.208. The lowest BCUT2D eigenvalue weighted by atomic mass is 9.61. The Morgan fingerprint density at radius 2 is 1.42 bits per heavy atom. The van der Waals surface area contributed by atoms with Crippen molar-refractivity contribution >= 4 is 5.57 Å². The van der Waals surface area contributed by atoms with Crippen LogP contribution in [0.2, 0.25) is 0 Å². The molecule has 6 bridgehead atoms. The van der Waals surface area contributed by atoms with Crippen LogP contribution in [0.1, 0.15) is 205 Å². The van der Waals surface area contributed by atoms with Crippen molar-refractivity contribution in [2.24, 2.45) is 63.1 Å². The lowest BCUT2D eigenvalue weighted by Gasteiger charge is -2.43. The summed E-state index contributed by atoms with van der Waals surface area (Å²) < 4.78 is 0. The second-order valence-electron chi connectivity index (χ2n) is 29.3. The Bertz CT molecular complexity index is 2740. The van der Waals surface area contributed by atoms with Crippen molar-refractivity contribution in [3.05, 3.63) is 187 Å². The molecule has 7 atom stereocenters. The van der Waals surface area contributed by atoms with E-state index in [9.17, 15) is 0 Å². The molecule has 0 amide bonds. The molecule has 73 heavy (non-hydrogen) atoms.